The van der Waals surface area contributed by atoms with Gasteiger partial charge >= 0.3 is 0 Å². The normalized spacial score (nSPS) is 23.6. The van der Waals surface area contributed by atoms with Crippen LogP contribution in [-0.2, 0) is 12.0 Å². The Morgan fingerprint density at radius 3 is 2.67 bits per heavy atom. The van der Waals surface area contributed by atoms with E-state index in [0.717, 1.165) is 18.5 Å². The largest absolute Gasteiger partial charge is 0.348 e. The first-order chi connectivity index (χ1) is 9.93. The first kappa shape index (κ1) is 15.3. The summed E-state index contributed by atoms with van der Waals surface area (Å²) in [7, 11) is 0. The van der Waals surface area contributed by atoms with Crippen molar-refractivity contribution in [3.8, 4) is 0 Å². The van der Waals surface area contributed by atoms with Gasteiger partial charge in [0.25, 0.3) is 0 Å². The lowest BCUT2D eigenvalue weighted by molar-refractivity contribution is 0.445. The molecular weight excluding hydrogens is 278 g/mol. The number of nitrogens with zero attached hydrogens (tertiary/aromatic N) is 2. The second kappa shape index (κ2) is 5.88. The highest BCUT2D eigenvalue weighted by Crippen LogP contribution is 2.36. The van der Waals surface area contributed by atoms with Crippen LogP contribution in [0.1, 0.15) is 63.9 Å². The Hall–Kier alpha value is -0.610. The van der Waals surface area contributed by atoms with Crippen LogP contribution >= 0.6 is 11.3 Å². The van der Waals surface area contributed by atoms with Crippen molar-refractivity contribution in [3.63, 3.8) is 0 Å². The predicted octanol–water partition coefficient (Wildman–Crippen LogP) is 3.93. The third kappa shape index (κ3) is 3.78. The zero-order valence-electron chi connectivity index (χ0n) is 13.9. The molecule has 118 valence electrons. The number of thiazole rings is 1. The summed E-state index contributed by atoms with van der Waals surface area (Å²) < 4.78 is 0. The Kier molecular flexibility index (Phi) is 4.28. The molecule has 3 nitrogen and oxygen atoms in total. The number of aromatic nitrogens is 1. The fourth-order valence-electron chi connectivity index (χ4n) is 3.07. The lowest BCUT2D eigenvalue weighted by atomic mass is 9.91. The van der Waals surface area contributed by atoms with E-state index < -0.39 is 0 Å². The van der Waals surface area contributed by atoms with E-state index in [1.807, 2.05) is 11.3 Å². The summed E-state index contributed by atoms with van der Waals surface area (Å²) in [6.07, 6.45) is 5.37. The van der Waals surface area contributed by atoms with Crippen molar-refractivity contribution in [2.45, 2.75) is 71.4 Å². The zero-order chi connectivity index (χ0) is 15.0. The van der Waals surface area contributed by atoms with Crippen LogP contribution in [0.4, 0.5) is 5.13 Å². The Balaban J connectivity index is 1.80. The molecule has 4 heteroatoms. The summed E-state index contributed by atoms with van der Waals surface area (Å²) in [6, 6.07) is 0.762. The molecule has 1 aliphatic heterocycles. The second-order valence-electron chi connectivity index (χ2n) is 7.87. The molecule has 1 aromatic rings. The smallest absolute Gasteiger partial charge is 0.185 e. The molecule has 0 bridgehead atoms. The summed E-state index contributed by atoms with van der Waals surface area (Å²) >= 11 is 1.92. The summed E-state index contributed by atoms with van der Waals surface area (Å²) in [5.74, 6) is 0.800. The molecule has 0 amide bonds. The standard InChI is InChI=1S/C17H29N3S/c1-12-6-5-9-20(11-12)16-19-15(17(2,3)4)14(21-16)10-18-13-7-8-13/h12-13,18H,5-11H2,1-4H3. The minimum atomic E-state index is 0.136. The Bertz CT molecular complexity index is 485. The minimum Gasteiger partial charge on any atom is -0.348 e. The monoisotopic (exact) mass is 307 g/mol. The van der Waals surface area contributed by atoms with Gasteiger partial charge in [-0.1, -0.05) is 27.7 Å². The molecule has 1 unspecified atom stereocenters. The molecule has 1 saturated heterocycles. The quantitative estimate of drug-likeness (QED) is 0.913. The van der Waals surface area contributed by atoms with E-state index in [1.165, 1.54) is 54.5 Å². The molecule has 2 heterocycles. The van der Waals surface area contributed by atoms with E-state index in [1.54, 1.807) is 0 Å². The molecule has 21 heavy (non-hydrogen) atoms. The molecule has 1 aromatic heterocycles. The Labute approximate surface area is 133 Å². The van der Waals surface area contributed by atoms with Gasteiger partial charge in [-0.25, -0.2) is 4.98 Å². The first-order valence-electron chi connectivity index (χ1n) is 8.42. The van der Waals surface area contributed by atoms with Gasteiger partial charge in [0.05, 0.1) is 5.69 Å². The van der Waals surface area contributed by atoms with E-state index >= 15 is 0 Å². The molecule has 1 atom stereocenters. The third-order valence-electron chi connectivity index (χ3n) is 4.45. The Morgan fingerprint density at radius 1 is 1.29 bits per heavy atom. The van der Waals surface area contributed by atoms with E-state index in [4.69, 9.17) is 4.98 Å². The van der Waals surface area contributed by atoms with E-state index in [0.29, 0.717) is 0 Å². The van der Waals surface area contributed by atoms with Crippen LogP contribution in [0.15, 0.2) is 0 Å². The van der Waals surface area contributed by atoms with Crippen molar-refractivity contribution in [2.75, 3.05) is 18.0 Å². The van der Waals surface area contributed by atoms with Crippen molar-refractivity contribution in [3.05, 3.63) is 10.6 Å². The minimum absolute atomic E-state index is 0.136. The van der Waals surface area contributed by atoms with Gasteiger partial charge in [0.1, 0.15) is 0 Å². The SMILES string of the molecule is CC1CCCN(c2nc(C(C)(C)C)c(CNC3CC3)s2)C1. The van der Waals surface area contributed by atoms with E-state index in [2.05, 4.69) is 37.9 Å². The maximum atomic E-state index is 5.04. The fourth-order valence-corrected chi connectivity index (χ4v) is 4.32. The van der Waals surface area contributed by atoms with Gasteiger partial charge in [-0.05, 0) is 31.6 Å². The van der Waals surface area contributed by atoms with Crippen LogP contribution in [0, 0.1) is 5.92 Å². The first-order valence-corrected chi connectivity index (χ1v) is 9.23. The van der Waals surface area contributed by atoms with Crippen molar-refractivity contribution < 1.29 is 0 Å². The lowest BCUT2D eigenvalue weighted by Crippen LogP contribution is -2.34. The molecule has 0 aromatic carbocycles. The number of hydrogen-bond donors (Lipinski definition) is 1. The van der Waals surface area contributed by atoms with Gasteiger partial charge in [0.15, 0.2) is 5.13 Å². The van der Waals surface area contributed by atoms with Crippen molar-refractivity contribution in [2.24, 2.45) is 5.92 Å². The van der Waals surface area contributed by atoms with Gasteiger partial charge in [-0.15, -0.1) is 11.3 Å². The van der Waals surface area contributed by atoms with Crippen molar-refractivity contribution >= 4 is 16.5 Å². The van der Waals surface area contributed by atoms with Gasteiger partial charge in [-0.3, -0.25) is 0 Å². The number of piperidine rings is 1. The highest BCUT2D eigenvalue weighted by molar-refractivity contribution is 7.15. The van der Waals surface area contributed by atoms with Gasteiger partial charge < -0.3 is 10.2 Å². The molecule has 2 fully saturated rings. The molecule has 0 radical (unpaired) electrons. The average Bonchev–Trinajstić information content (AvgIpc) is 3.13. The Morgan fingerprint density at radius 2 is 2.05 bits per heavy atom. The summed E-state index contributed by atoms with van der Waals surface area (Å²) in [5, 5.41) is 4.91. The van der Waals surface area contributed by atoms with Crippen LogP contribution in [0.25, 0.3) is 0 Å². The number of hydrogen-bond acceptors (Lipinski definition) is 4. The molecule has 1 saturated carbocycles. The molecule has 1 N–H and O–H groups in total. The summed E-state index contributed by atoms with van der Waals surface area (Å²) in [6.45, 7) is 12.6. The van der Waals surface area contributed by atoms with Crippen LogP contribution in [0.3, 0.4) is 0 Å². The summed E-state index contributed by atoms with van der Waals surface area (Å²) in [5.41, 5.74) is 1.44. The highest BCUT2D eigenvalue weighted by Gasteiger charge is 2.28. The van der Waals surface area contributed by atoms with Crippen LogP contribution in [-0.4, -0.2) is 24.1 Å². The number of anilines is 1. The van der Waals surface area contributed by atoms with Crippen molar-refractivity contribution in [1.29, 1.82) is 0 Å². The topological polar surface area (TPSA) is 28.2 Å². The molecule has 2 aliphatic rings. The average molecular weight is 308 g/mol. The molecule has 3 rings (SSSR count). The predicted molar refractivity (Wildman–Crippen MR) is 91.3 cm³/mol. The van der Waals surface area contributed by atoms with Crippen molar-refractivity contribution in [1.82, 2.24) is 10.3 Å². The fraction of sp³-hybridized carbons (Fsp3) is 0.824. The summed E-state index contributed by atoms with van der Waals surface area (Å²) in [4.78, 5) is 9.00. The maximum absolute atomic E-state index is 5.04. The van der Waals surface area contributed by atoms with E-state index in [9.17, 15) is 0 Å². The highest BCUT2D eigenvalue weighted by atomic mass is 32.1. The third-order valence-corrected chi connectivity index (χ3v) is 5.57. The van der Waals surface area contributed by atoms with Gasteiger partial charge in [0, 0.05) is 36.0 Å². The van der Waals surface area contributed by atoms with Gasteiger partial charge in [0.2, 0.25) is 0 Å². The maximum Gasteiger partial charge on any atom is 0.185 e. The molecule has 1 aliphatic carbocycles. The number of rotatable bonds is 4. The van der Waals surface area contributed by atoms with Crippen LogP contribution < -0.4 is 10.2 Å². The molecular formula is C17H29N3S. The second-order valence-corrected chi connectivity index (χ2v) is 8.93. The van der Waals surface area contributed by atoms with Gasteiger partial charge in [-0.2, -0.15) is 0 Å². The van der Waals surface area contributed by atoms with Crippen LogP contribution in [0.5, 0.6) is 0 Å². The van der Waals surface area contributed by atoms with Crippen LogP contribution in [0.2, 0.25) is 0 Å². The lowest BCUT2D eigenvalue weighted by Gasteiger charge is -2.30. The van der Waals surface area contributed by atoms with E-state index in [-0.39, 0.29) is 5.41 Å². The number of nitrogens with one attached hydrogen (secondary N) is 1. The molecule has 0 spiro atoms. The zero-order valence-corrected chi connectivity index (χ0v) is 14.7.